The van der Waals surface area contributed by atoms with Gasteiger partial charge in [-0.15, -0.1) is 0 Å². The number of hydrogen-bond donors (Lipinski definition) is 0. The molecule has 3 nitrogen and oxygen atoms in total. The smallest absolute Gasteiger partial charge is 0.305 e. The highest BCUT2D eigenvalue weighted by Crippen LogP contribution is 2.05. The molecule has 0 spiro atoms. The van der Waals surface area contributed by atoms with Crippen molar-refractivity contribution in [2.75, 3.05) is 20.2 Å². The first-order valence-corrected chi connectivity index (χ1v) is 5.52. The van der Waals surface area contributed by atoms with Crippen LogP contribution in [0.25, 0.3) is 0 Å². The largest absolute Gasteiger partial charge is 0.464 e. The lowest BCUT2D eigenvalue weighted by Crippen LogP contribution is -2.12. The predicted octanol–water partition coefficient (Wildman–Crippen LogP) is 2.12. The lowest BCUT2D eigenvalue weighted by Gasteiger charge is -2.03. The Morgan fingerprint density at radius 1 is 1.21 bits per heavy atom. The van der Waals surface area contributed by atoms with E-state index in [9.17, 15) is 4.79 Å². The van der Waals surface area contributed by atoms with Crippen molar-refractivity contribution in [2.45, 2.75) is 45.4 Å². The third kappa shape index (κ3) is 9.52. The molecule has 83 valence electrons. The van der Waals surface area contributed by atoms with E-state index in [1.807, 2.05) is 0 Å². The Bertz CT molecular complexity index is 137. The maximum absolute atomic E-state index is 11.1. The molecule has 0 unspecified atom stereocenters. The molecule has 0 N–H and O–H groups in total. The number of carbonyl (C=O) groups excluding carboxylic acids is 1. The van der Waals surface area contributed by atoms with E-state index in [4.69, 9.17) is 4.74 Å². The first-order chi connectivity index (χ1) is 6.81. The van der Waals surface area contributed by atoms with Gasteiger partial charge < -0.3 is 4.74 Å². The van der Waals surface area contributed by atoms with Crippen LogP contribution in [0.15, 0.2) is 0 Å². The van der Waals surface area contributed by atoms with Crippen molar-refractivity contribution in [1.29, 1.82) is 0 Å². The van der Waals surface area contributed by atoms with Gasteiger partial charge >= 0.3 is 5.97 Å². The van der Waals surface area contributed by atoms with Crippen LogP contribution < -0.4 is 5.32 Å². The van der Waals surface area contributed by atoms with Crippen LogP contribution in [0.2, 0.25) is 0 Å². The number of rotatable bonds is 9. The summed E-state index contributed by atoms with van der Waals surface area (Å²) >= 11 is 0. The van der Waals surface area contributed by atoms with E-state index < -0.39 is 0 Å². The molecule has 3 heteroatoms. The van der Waals surface area contributed by atoms with E-state index in [2.05, 4.69) is 12.2 Å². The quantitative estimate of drug-likeness (QED) is 0.422. The predicted molar refractivity (Wildman–Crippen MR) is 57.3 cm³/mol. The molecule has 0 rings (SSSR count). The Hall–Kier alpha value is -0.570. The fraction of sp³-hybridized carbons (Fsp3) is 0.909. The molecule has 14 heavy (non-hydrogen) atoms. The average Bonchev–Trinajstić information content (AvgIpc) is 2.18. The van der Waals surface area contributed by atoms with Gasteiger partial charge in [0.15, 0.2) is 0 Å². The first kappa shape index (κ1) is 13.4. The number of nitrogens with zero attached hydrogens (tertiary/aromatic N) is 1. The Balaban J connectivity index is 3.10. The van der Waals surface area contributed by atoms with Crippen molar-refractivity contribution < 1.29 is 9.53 Å². The van der Waals surface area contributed by atoms with Crippen molar-refractivity contribution in [1.82, 2.24) is 5.32 Å². The highest BCUT2D eigenvalue weighted by molar-refractivity contribution is 5.69. The number of likely N-dealkylation sites (N-methyl/N-ethyl adjacent to an activating group) is 1. The Morgan fingerprint density at radius 2 is 1.93 bits per heavy atom. The van der Waals surface area contributed by atoms with Crippen LogP contribution in [0.1, 0.15) is 45.4 Å². The summed E-state index contributed by atoms with van der Waals surface area (Å²) in [6.45, 7) is 3.23. The zero-order valence-corrected chi connectivity index (χ0v) is 9.42. The molecule has 0 amide bonds. The van der Waals surface area contributed by atoms with Crippen LogP contribution in [-0.2, 0) is 9.53 Å². The summed E-state index contributed by atoms with van der Waals surface area (Å²) in [6.07, 6.45) is 6.40. The molecule has 0 aliphatic carbocycles. The lowest BCUT2D eigenvalue weighted by atomic mass is 10.1. The van der Waals surface area contributed by atoms with Crippen molar-refractivity contribution in [3.63, 3.8) is 0 Å². The van der Waals surface area contributed by atoms with Gasteiger partial charge in [-0.1, -0.05) is 32.6 Å². The van der Waals surface area contributed by atoms with E-state index in [0.717, 1.165) is 12.8 Å². The number of ether oxygens (including phenoxy) is 1. The summed E-state index contributed by atoms with van der Waals surface area (Å²) in [5.41, 5.74) is 0. The highest BCUT2D eigenvalue weighted by atomic mass is 16.5. The van der Waals surface area contributed by atoms with Crippen molar-refractivity contribution >= 4 is 5.97 Å². The molecule has 0 aliphatic heterocycles. The molecule has 0 fully saturated rings. The second kappa shape index (κ2) is 10.5. The minimum Gasteiger partial charge on any atom is -0.464 e. The van der Waals surface area contributed by atoms with Crippen LogP contribution in [0.3, 0.4) is 0 Å². The van der Waals surface area contributed by atoms with Gasteiger partial charge in [-0.2, -0.15) is 0 Å². The zero-order chi connectivity index (χ0) is 10.6. The normalized spacial score (nSPS) is 10.1. The standard InChI is InChI=1S/C11H22NO2/c1-3-4-5-6-7-8-11(13)14-10-9-12-2/h3-10H2,1-2H3. The van der Waals surface area contributed by atoms with E-state index in [-0.39, 0.29) is 5.97 Å². The van der Waals surface area contributed by atoms with Crippen LogP contribution in [0.4, 0.5) is 0 Å². The summed E-state index contributed by atoms with van der Waals surface area (Å²) in [4.78, 5) is 11.1. The van der Waals surface area contributed by atoms with Crippen LogP contribution in [0, 0.1) is 0 Å². The summed E-state index contributed by atoms with van der Waals surface area (Å²) in [6, 6.07) is 0. The van der Waals surface area contributed by atoms with E-state index in [1.165, 1.54) is 19.3 Å². The summed E-state index contributed by atoms with van der Waals surface area (Å²) in [5, 5.41) is 3.85. The van der Waals surface area contributed by atoms with Crippen LogP contribution >= 0.6 is 0 Å². The summed E-state index contributed by atoms with van der Waals surface area (Å²) in [7, 11) is 1.72. The van der Waals surface area contributed by atoms with Crippen molar-refractivity contribution in [3.05, 3.63) is 0 Å². The summed E-state index contributed by atoms with van der Waals surface area (Å²) < 4.78 is 4.96. The van der Waals surface area contributed by atoms with Gasteiger partial charge in [-0.05, 0) is 6.42 Å². The highest BCUT2D eigenvalue weighted by Gasteiger charge is 2.01. The second-order valence-electron chi connectivity index (χ2n) is 3.42. The van der Waals surface area contributed by atoms with Gasteiger partial charge in [0.2, 0.25) is 0 Å². The summed E-state index contributed by atoms with van der Waals surface area (Å²) in [5.74, 6) is -0.0786. The maximum atomic E-state index is 11.1. The number of hydrogen-bond acceptors (Lipinski definition) is 2. The van der Waals surface area contributed by atoms with Crippen molar-refractivity contribution in [3.8, 4) is 0 Å². The molecule has 0 heterocycles. The number of carbonyl (C=O) groups is 1. The Kier molecular flexibility index (Phi) is 10.1. The minimum absolute atomic E-state index is 0.0786. The fourth-order valence-electron chi connectivity index (χ4n) is 1.20. The maximum Gasteiger partial charge on any atom is 0.305 e. The molecule has 0 aromatic rings. The van der Waals surface area contributed by atoms with Crippen molar-refractivity contribution in [2.24, 2.45) is 0 Å². The van der Waals surface area contributed by atoms with Gasteiger partial charge in [0.1, 0.15) is 6.61 Å². The molecule has 0 bridgehead atoms. The monoisotopic (exact) mass is 200 g/mol. The second-order valence-corrected chi connectivity index (χ2v) is 3.42. The molecule has 0 saturated carbocycles. The molecule has 0 atom stereocenters. The van der Waals surface area contributed by atoms with Gasteiger partial charge in [0.25, 0.3) is 0 Å². The average molecular weight is 200 g/mol. The first-order valence-electron chi connectivity index (χ1n) is 5.52. The van der Waals surface area contributed by atoms with Crippen LogP contribution in [0.5, 0.6) is 0 Å². The van der Waals surface area contributed by atoms with Gasteiger partial charge in [-0.3, -0.25) is 4.79 Å². The molecule has 1 radical (unpaired) electrons. The fourth-order valence-corrected chi connectivity index (χ4v) is 1.20. The van der Waals surface area contributed by atoms with Crippen LogP contribution in [-0.4, -0.2) is 26.2 Å². The molecular formula is C11H22NO2. The SMILES string of the molecule is CCCCCCCC(=O)OCC[N]C. The molecule has 0 saturated heterocycles. The van der Waals surface area contributed by atoms with Gasteiger partial charge in [0, 0.05) is 20.0 Å². The Labute approximate surface area is 87.2 Å². The minimum atomic E-state index is -0.0786. The van der Waals surface area contributed by atoms with E-state index >= 15 is 0 Å². The molecule has 0 aromatic carbocycles. The molecular weight excluding hydrogens is 178 g/mol. The lowest BCUT2D eigenvalue weighted by molar-refractivity contribution is -0.143. The van der Waals surface area contributed by atoms with E-state index in [0.29, 0.717) is 19.6 Å². The van der Waals surface area contributed by atoms with E-state index in [1.54, 1.807) is 7.05 Å². The topological polar surface area (TPSA) is 40.4 Å². The zero-order valence-electron chi connectivity index (χ0n) is 9.42. The Morgan fingerprint density at radius 3 is 2.57 bits per heavy atom. The third-order valence-corrected chi connectivity index (χ3v) is 2.06. The van der Waals surface area contributed by atoms with Gasteiger partial charge in [0.05, 0.1) is 0 Å². The number of unbranched alkanes of at least 4 members (excludes halogenated alkanes) is 4. The number of esters is 1. The molecule has 0 aromatic heterocycles. The third-order valence-electron chi connectivity index (χ3n) is 2.06. The molecule has 0 aliphatic rings. The van der Waals surface area contributed by atoms with Gasteiger partial charge in [-0.25, -0.2) is 5.32 Å².